The minimum absolute atomic E-state index is 0.603. The lowest BCUT2D eigenvalue weighted by atomic mass is 10.1. The number of carboxylic acid groups (broad SMARTS) is 1. The maximum Gasteiger partial charge on any atom is 0.328 e. The molecule has 21 heavy (non-hydrogen) atoms. The van der Waals surface area contributed by atoms with Gasteiger partial charge in [0.1, 0.15) is 11.5 Å². The molecule has 0 spiro atoms. The third kappa shape index (κ3) is 7.09. The molecule has 116 valence electrons. The fourth-order valence-electron chi connectivity index (χ4n) is 1.63. The summed E-state index contributed by atoms with van der Waals surface area (Å²) in [7, 11) is 0. The van der Waals surface area contributed by atoms with Crippen LogP contribution >= 0.6 is 11.8 Å². The van der Waals surface area contributed by atoms with E-state index in [1.165, 1.54) is 6.08 Å². The zero-order valence-corrected chi connectivity index (χ0v) is 13.3. The third-order valence-electron chi connectivity index (χ3n) is 2.61. The Morgan fingerprint density at radius 2 is 2.14 bits per heavy atom. The summed E-state index contributed by atoms with van der Waals surface area (Å²) in [6, 6.07) is 5.45. The van der Waals surface area contributed by atoms with Gasteiger partial charge in [-0.2, -0.15) is 11.8 Å². The van der Waals surface area contributed by atoms with E-state index in [9.17, 15) is 4.79 Å². The first-order chi connectivity index (χ1) is 10.2. The second kappa shape index (κ2) is 10.2. The highest BCUT2D eigenvalue weighted by atomic mass is 32.2. The molecule has 0 aromatic heterocycles. The van der Waals surface area contributed by atoms with Crippen LogP contribution in [0.2, 0.25) is 0 Å². The Hall–Kier alpha value is -1.62. The SMILES string of the molecule is CCCOc1ccc(/C=C/C(=O)O)c(OCCCSC)c1. The first-order valence-electron chi connectivity index (χ1n) is 6.97. The quantitative estimate of drug-likeness (QED) is 0.527. The van der Waals surface area contributed by atoms with Gasteiger partial charge in [-0.05, 0) is 43.1 Å². The van der Waals surface area contributed by atoms with Crippen molar-refractivity contribution in [3.63, 3.8) is 0 Å². The molecule has 0 unspecified atom stereocenters. The van der Waals surface area contributed by atoms with Gasteiger partial charge in [-0.1, -0.05) is 6.92 Å². The fourth-order valence-corrected chi connectivity index (χ4v) is 2.04. The maximum absolute atomic E-state index is 10.6. The molecule has 4 nitrogen and oxygen atoms in total. The molecule has 0 bridgehead atoms. The summed E-state index contributed by atoms with van der Waals surface area (Å²) in [5, 5.41) is 8.73. The second-order valence-corrected chi connectivity index (χ2v) is 5.40. The van der Waals surface area contributed by atoms with Crippen LogP contribution in [0.4, 0.5) is 0 Å². The first-order valence-corrected chi connectivity index (χ1v) is 8.36. The van der Waals surface area contributed by atoms with Gasteiger partial charge >= 0.3 is 5.97 Å². The van der Waals surface area contributed by atoms with Crippen LogP contribution in [0.3, 0.4) is 0 Å². The molecule has 0 saturated heterocycles. The Balaban J connectivity index is 2.81. The monoisotopic (exact) mass is 310 g/mol. The normalized spacial score (nSPS) is 10.8. The number of hydrogen-bond donors (Lipinski definition) is 1. The second-order valence-electron chi connectivity index (χ2n) is 4.41. The van der Waals surface area contributed by atoms with Crippen molar-refractivity contribution < 1.29 is 19.4 Å². The Bertz CT molecular complexity index is 471. The van der Waals surface area contributed by atoms with E-state index in [0.717, 1.165) is 36.0 Å². The van der Waals surface area contributed by atoms with Crippen LogP contribution in [0.1, 0.15) is 25.3 Å². The Kier molecular flexibility index (Phi) is 8.43. The smallest absolute Gasteiger partial charge is 0.328 e. The molecule has 0 atom stereocenters. The van der Waals surface area contributed by atoms with Gasteiger partial charge in [0.15, 0.2) is 0 Å². The summed E-state index contributed by atoms with van der Waals surface area (Å²) in [4.78, 5) is 10.6. The average molecular weight is 310 g/mol. The first kappa shape index (κ1) is 17.4. The molecule has 0 aliphatic heterocycles. The van der Waals surface area contributed by atoms with Gasteiger partial charge < -0.3 is 14.6 Å². The highest BCUT2D eigenvalue weighted by Crippen LogP contribution is 2.26. The molecule has 1 aromatic rings. The number of rotatable bonds is 10. The van der Waals surface area contributed by atoms with Crippen LogP contribution in [-0.2, 0) is 4.79 Å². The van der Waals surface area contributed by atoms with Gasteiger partial charge in [0.25, 0.3) is 0 Å². The summed E-state index contributed by atoms with van der Waals surface area (Å²) >= 11 is 1.77. The number of benzene rings is 1. The summed E-state index contributed by atoms with van der Waals surface area (Å²) in [6.07, 6.45) is 6.58. The molecule has 0 fully saturated rings. The highest BCUT2D eigenvalue weighted by molar-refractivity contribution is 7.98. The van der Waals surface area contributed by atoms with E-state index in [1.807, 2.05) is 25.1 Å². The largest absolute Gasteiger partial charge is 0.493 e. The Labute approximate surface area is 130 Å². The number of aliphatic carboxylic acids is 1. The molecular formula is C16H22O4S. The van der Waals surface area contributed by atoms with Gasteiger partial charge in [-0.25, -0.2) is 4.79 Å². The van der Waals surface area contributed by atoms with Crippen molar-refractivity contribution in [1.29, 1.82) is 0 Å². The highest BCUT2D eigenvalue weighted by Gasteiger charge is 2.05. The van der Waals surface area contributed by atoms with Crippen molar-refractivity contribution in [2.45, 2.75) is 19.8 Å². The van der Waals surface area contributed by atoms with Crippen molar-refractivity contribution in [3.05, 3.63) is 29.8 Å². The molecule has 0 heterocycles. The molecule has 0 radical (unpaired) electrons. The van der Waals surface area contributed by atoms with Gasteiger partial charge in [-0.3, -0.25) is 0 Å². The average Bonchev–Trinajstić information content (AvgIpc) is 2.48. The topological polar surface area (TPSA) is 55.8 Å². The molecular weight excluding hydrogens is 288 g/mol. The lowest BCUT2D eigenvalue weighted by Gasteiger charge is -2.12. The number of carbonyl (C=O) groups is 1. The van der Waals surface area contributed by atoms with E-state index in [0.29, 0.717) is 19.0 Å². The molecule has 0 aliphatic rings. The van der Waals surface area contributed by atoms with Crippen LogP contribution in [0.5, 0.6) is 11.5 Å². The predicted octanol–water partition coefficient (Wildman–Crippen LogP) is 3.71. The number of hydrogen-bond acceptors (Lipinski definition) is 4. The summed E-state index contributed by atoms with van der Waals surface area (Å²) in [5.74, 6) is 1.45. The number of ether oxygens (including phenoxy) is 2. The molecule has 0 amide bonds. The van der Waals surface area contributed by atoms with E-state index >= 15 is 0 Å². The van der Waals surface area contributed by atoms with E-state index in [4.69, 9.17) is 14.6 Å². The minimum atomic E-state index is -0.977. The number of thioether (sulfide) groups is 1. The van der Waals surface area contributed by atoms with E-state index in [2.05, 4.69) is 6.26 Å². The van der Waals surface area contributed by atoms with Gasteiger partial charge in [-0.15, -0.1) is 0 Å². The lowest BCUT2D eigenvalue weighted by molar-refractivity contribution is -0.131. The molecule has 5 heteroatoms. The van der Waals surface area contributed by atoms with Crippen LogP contribution in [0, 0.1) is 0 Å². The van der Waals surface area contributed by atoms with Crippen LogP contribution < -0.4 is 9.47 Å². The maximum atomic E-state index is 10.6. The zero-order valence-electron chi connectivity index (χ0n) is 12.5. The molecule has 0 aliphatic carbocycles. The fraction of sp³-hybridized carbons (Fsp3) is 0.438. The van der Waals surface area contributed by atoms with Crippen LogP contribution in [0.25, 0.3) is 6.08 Å². The van der Waals surface area contributed by atoms with Crippen molar-refractivity contribution in [1.82, 2.24) is 0 Å². The van der Waals surface area contributed by atoms with E-state index in [-0.39, 0.29) is 0 Å². The minimum Gasteiger partial charge on any atom is -0.493 e. The third-order valence-corrected chi connectivity index (χ3v) is 3.31. The Morgan fingerprint density at radius 3 is 2.81 bits per heavy atom. The summed E-state index contributed by atoms with van der Waals surface area (Å²) < 4.78 is 11.3. The molecule has 0 saturated carbocycles. The standard InChI is InChI=1S/C16H22O4S/c1-3-9-19-14-7-5-13(6-8-16(17)18)15(12-14)20-10-4-11-21-2/h5-8,12H,3-4,9-11H2,1-2H3,(H,17,18)/b8-6+. The summed E-state index contributed by atoms with van der Waals surface area (Å²) in [5.41, 5.74) is 0.741. The zero-order chi connectivity index (χ0) is 15.5. The molecule has 1 rings (SSSR count). The predicted molar refractivity (Wildman–Crippen MR) is 87.4 cm³/mol. The van der Waals surface area contributed by atoms with Crippen molar-refractivity contribution in [2.24, 2.45) is 0 Å². The van der Waals surface area contributed by atoms with E-state index < -0.39 is 5.97 Å². The number of carboxylic acids is 1. The van der Waals surface area contributed by atoms with Gasteiger partial charge in [0.2, 0.25) is 0 Å². The van der Waals surface area contributed by atoms with E-state index in [1.54, 1.807) is 11.8 Å². The van der Waals surface area contributed by atoms with Crippen molar-refractivity contribution in [2.75, 3.05) is 25.2 Å². The van der Waals surface area contributed by atoms with Crippen LogP contribution in [0.15, 0.2) is 24.3 Å². The lowest BCUT2D eigenvalue weighted by Crippen LogP contribution is -2.01. The summed E-state index contributed by atoms with van der Waals surface area (Å²) in [6.45, 7) is 3.30. The van der Waals surface area contributed by atoms with Crippen molar-refractivity contribution in [3.8, 4) is 11.5 Å². The van der Waals surface area contributed by atoms with Crippen LogP contribution in [-0.4, -0.2) is 36.3 Å². The van der Waals surface area contributed by atoms with Gasteiger partial charge in [0.05, 0.1) is 13.2 Å². The molecule has 1 aromatic carbocycles. The Morgan fingerprint density at radius 1 is 1.33 bits per heavy atom. The van der Waals surface area contributed by atoms with Gasteiger partial charge in [0, 0.05) is 17.7 Å². The van der Waals surface area contributed by atoms with Crippen molar-refractivity contribution >= 4 is 23.8 Å². The molecule has 1 N–H and O–H groups in total.